The fraction of sp³-hybridized carbons (Fsp3) is 1.00. The molecule has 3 nitrogen and oxygen atoms in total. The van der Waals surface area contributed by atoms with Crippen LogP contribution in [0.25, 0.3) is 0 Å². The lowest BCUT2D eigenvalue weighted by Gasteiger charge is -2.09. The van der Waals surface area contributed by atoms with Gasteiger partial charge in [0.15, 0.2) is 0 Å². The standard InChI is InChI=1S/C11H22O2.H2O/c1-3-5-6-7-8-12-9-11(4-2)10-13-11;/h3-10H2,1-2H3;1H2. The third-order valence-electron chi connectivity index (χ3n) is 2.70. The first-order chi connectivity index (χ1) is 6.33. The quantitative estimate of drug-likeness (QED) is 0.448. The maximum absolute atomic E-state index is 5.57. The molecule has 1 rings (SSSR count). The summed E-state index contributed by atoms with van der Waals surface area (Å²) in [6.07, 6.45) is 6.22. The molecule has 0 bridgehead atoms. The van der Waals surface area contributed by atoms with E-state index in [9.17, 15) is 0 Å². The van der Waals surface area contributed by atoms with Gasteiger partial charge in [-0.2, -0.15) is 0 Å². The van der Waals surface area contributed by atoms with Crippen LogP contribution >= 0.6 is 0 Å². The summed E-state index contributed by atoms with van der Waals surface area (Å²) in [5, 5.41) is 0. The van der Waals surface area contributed by atoms with E-state index < -0.39 is 0 Å². The number of hydrogen-bond donors (Lipinski definition) is 0. The second kappa shape index (κ2) is 7.21. The van der Waals surface area contributed by atoms with Crippen LogP contribution in [0.15, 0.2) is 0 Å². The molecule has 1 unspecified atom stereocenters. The number of epoxide rings is 1. The van der Waals surface area contributed by atoms with Gasteiger partial charge in [0.25, 0.3) is 0 Å². The van der Waals surface area contributed by atoms with E-state index in [1.165, 1.54) is 25.7 Å². The molecule has 0 radical (unpaired) electrons. The molecule has 0 amide bonds. The molecule has 86 valence electrons. The molecule has 2 N–H and O–H groups in total. The zero-order chi connectivity index (χ0) is 9.57. The summed E-state index contributed by atoms with van der Waals surface area (Å²) < 4.78 is 10.9. The van der Waals surface area contributed by atoms with Gasteiger partial charge >= 0.3 is 0 Å². The molecule has 1 aliphatic heterocycles. The van der Waals surface area contributed by atoms with Crippen molar-refractivity contribution in [3.8, 4) is 0 Å². The van der Waals surface area contributed by atoms with Gasteiger partial charge < -0.3 is 14.9 Å². The van der Waals surface area contributed by atoms with Crippen LogP contribution in [0.4, 0.5) is 0 Å². The van der Waals surface area contributed by atoms with Gasteiger partial charge in [-0.25, -0.2) is 0 Å². The molecule has 3 heteroatoms. The van der Waals surface area contributed by atoms with Gasteiger partial charge in [0.1, 0.15) is 5.60 Å². The molecule has 1 atom stereocenters. The molecule has 0 aromatic carbocycles. The minimum atomic E-state index is 0. The van der Waals surface area contributed by atoms with Crippen LogP contribution in [0.5, 0.6) is 0 Å². The fourth-order valence-electron chi connectivity index (χ4n) is 1.38. The second-order valence-electron chi connectivity index (χ2n) is 3.94. The predicted octanol–water partition coefficient (Wildman–Crippen LogP) is 1.94. The molecule has 14 heavy (non-hydrogen) atoms. The van der Waals surface area contributed by atoms with Crippen LogP contribution in [0, 0.1) is 0 Å². The summed E-state index contributed by atoms with van der Waals surface area (Å²) >= 11 is 0. The van der Waals surface area contributed by atoms with Crippen LogP contribution in [0.2, 0.25) is 0 Å². The first-order valence-corrected chi connectivity index (χ1v) is 5.55. The fourth-order valence-corrected chi connectivity index (χ4v) is 1.38. The van der Waals surface area contributed by atoms with Crippen molar-refractivity contribution in [3.05, 3.63) is 0 Å². The van der Waals surface area contributed by atoms with E-state index in [0.717, 1.165) is 26.2 Å². The zero-order valence-corrected chi connectivity index (χ0v) is 9.47. The first kappa shape index (κ1) is 13.9. The minimum Gasteiger partial charge on any atom is -0.412 e. The molecule has 0 aromatic heterocycles. The maximum atomic E-state index is 5.57. The third kappa shape index (κ3) is 4.94. The van der Waals surface area contributed by atoms with Crippen LogP contribution in [-0.4, -0.2) is 30.9 Å². The summed E-state index contributed by atoms with van der Waals surface area (Å²) in [6.45, 7) is 7.00. The Morgan fingerprint density at radius 2 is 1.93 bits per heavy atom. The Hall–Kier alpha value is -0.120. The summed E-state index contributed by atoms with van der Waals surface area (Å²) in [5.41, 5.74) is 0.116. The highest BCUT2D eigenvalue weighted by atomic mass is 16.6. The number of hydrogen-bond acceptors (Lipinski definition) is 2. The Morgan fingerprint density at radius 3 is 2.43 bits per heavy atom. The van der Waals surface area contributed by atoms with Crippen molar-refractivity contribution in [1.29, 1.82) is 0 Å². The Bertz CT molecular complexity index is 132. The molecule has 0 spiro atoms. The van der Waals surface area contributed by atoms with E-state index in [0.29, 0.717) is 0 Å². The highest BCUT2D eigenvalue weighted by molar-refractivity contribution is 4.90. The van der Waals surface area contributed by atoms with E-state index in [1.54, 1.807) is 0 Å². The summed E-state index contributed by atoms with van der Waals surface area (Å²) in [6, 6.07) is 0. The highest BCUT2D eigenvalue weighted by Gasteiger charge is 2.42. The van der Waals surface area contributed by atoms with Crippen molar-refractivity contribution in [2.45, 2.75) is 51.6 Å². The molecular formula is C11H24O3. The van der Waals surface area contributed by atoms with Gasteiger partial charge in [-0.3, -0.25) is 0 Å². The average molecular weight is 204 g/mol. The Kier molecular flexibility index (Phi) is 7.15. The lowest BCUT2D eigenvalue weighted by atomic mass is 10.1. The van der Waals surface area contributed by atoms with Crippen molar-refractivity contribution in [2.75, 3.05) is 19.8 Å². The second-order valence-corrected chi connectivity index (χ2v) is 3.94. The van der Waals surface area contributed by atoms with Crippen LogP contribution < -0.4 is 0 Å². The van der Waals surface area contributed by atoms with Gasteiger partial charge in [0.2, 0.25) is 0 Å². The summed E-state index contributed by atoms with van der Waals surface area (Å²) in [4.78, 5) is 0. The van der Waals surface area contributed by atoms with Crippen molar-refractivity contribution in [3.63, 3.8) is 0 Å². The van der Waals surface area contributed by atoms with Gasteiger partial charge in [0.05, 0.1) is 13.2 Å². The average Bonchev–Trinajstić information content (AvgIpc) is 2.92. The predicted molar refractivity (Wildman–Crippen MR) is 57.5 cm³/mol. The number of rotatable bonds is 8. The van der Waals surface area contributed by atoms with Crippen molar-refractivity contribution >= 4 is 0 Å². The summed E-state index contributed by atoms with van der Waals surface area (Å²) in [7, 11) is 0. The molecular weight excluding hydrogens is 180 g/mol. The van der Waals surface area contributed by atoms with E-state index in [4.69, 9.17) is 9.47 Å². The Balaban J connectivity index is 0.00000169. The maximum Gasteiger partial charge on any atom is 0.115 e. The Morgan fingerprint density at radius 1 is 1.21 bits per heavy atom. The minimum absolute atomic E-state index is 0. The van der Waals surface area contributed by atoms with Gasteiger partial charge in [-0.15, -0.1) is 0 Å². The zero-order valence-electron chi connectivity index (χ0n) is 9.47. The van der Waals surface area contributed by atoms with Gasteiger partial charge in [-0.1, -0.05) is 33.1 Å². The molecule has 1 heterocycles. The van der Waals surface area contributed by atoms with E-state index in [1.807, 2.05) is 0 Å². The monoisotopic (exact) mass is 204 g/mol. The topological polar surface area (TPSA) is 53.3 Å². The van der Waals surface area contributed by atoms with Crippen molar-refractivity contribution < 1.29 is 14.9 Å². The Labute approximate surface area is 87.1 Å². The molecule has 1 fully saturated rings. The lowest BCUT2D eigenvalue weighted by Crippen LogP contribution is -2.18. The normalized spacial score (nSPS) is 24.4. The lowest BCUT2D eigenvalue weighted by molar-refractivity contribution is 0.0743. The van der Waals surface area contributed by atoms with E-state index in [-0.39, 0.29) is 11.1 Å². The number of ether oxygens (including phenoxy) is 2. The first-order valence-electron chi connectivity index (χ1n) is 5.55. The smallest absolute Gasteiger partial charge is 0.115 e. The van der Waals surface area contributed by atoms with Gasteiger partial charge in [0, 0.05) is 6.61 Å². The van der Waals surface area contributed by atoms with Crippen LogP contribution in [0.1, 0.15) is 46.0 Å². The van der Waals surface area contributed by atoms with E-state index >= 15 is 0 Å². The van der Waals surface area contributed by atoms with Crippen LogP contribution in [0.3, 0.4) is 0 Å². The largest absolute Gasteiger partial charge is 0.412 e. The molecule has 1 aliphatic rings. The van der Waals surface area contributed by atoms with E-state index in [2.05, 4.69) is 13.8 Å². The van der Waals surface area contributed by atoms with Crippen LogP contribution in [-0.2, 0) is 9.47 Å². The molecule has 0 saturated carbocycles. The molecule has 1 saturated heterocycles. The third-order valence-corrected chi connectivity index (χ3v) is 2.70. The van der Waals surface area contributed by atoms with Crippen molar-refractivity contribution in [1.82, 2.24) is 0 Å². The number of unbranched alkanes of at least 4 members (excludes halogenated alkanes) is 3. The molecule has 0 aromatic rings. The van der Waals surface area contributed by atoms with Gasteiger partial charge in [-0.05, 0) is 12.8 Å². The SMILES string of the molecule is CCCCCCOCC1(CC)CO1.O. The molecule has 0 aliphatic carbocycles. The highest BCUT2D eigenvalue weighted by Crippen LogP contribution is 2.30. The van der Waals surface area contributed by atoms with Crippen molar-refractivity contribution in [2.24, 2.45) is 0 Å². The summed E-state index contributed by atoms with van der Waals surface area (Å²) in [5.74, 6) is 0.